The fourth-order valence-electron chi connectivity index (χ4n) is 1.43. The molecule has 0 unspecified atom stereocenters. The minimum Gasteiger partial charge on any atom is -0.409 e. The Morgan fingerprint density at radius 1 is 1.38 bits per heavy atom. The number of rotatable bonds is 3. The van der Waals surface area contributed by atoms with Crippen LogP contribution >= 0.6 is 15.9 Å². The summed E-state index contributed by atoms with van der Waals surface area (Å²) in [6, 6.07) is 3.09. The summed E-state index contributed by atoms with van der Waals surface area (Å²) in [5.74, 6) is -1.05. The van der Waals surface area contributed by atoms with Gasteiger partial charge in [0.2, 0.25) is 0 Å². The Morgan fingerprint density at radius 3 is 2.43 bits per heavy atom. The van der Waals surface area contributed by atoms with Gasteiger partial charge in [-0.25, -0.2) is 0 Å². The van der Waals surface area contributed by atoms with E-state index in [-0.39, 0.29) is 15.9 Å². The standard InChI is InChI=1S/C12H13BrF3N3O2/c1-11(2,10(17)19-21)18-9(20)6-3-4-8(13)7(5-6)12(14,15)16/h3-5,21H,1-2H3,(H2,17,19)(H,18,20). The van der Waals surface area contributed by atoms with Crippen LogP contribution in [0.4, 0.5) is 13.2 Å². The zero-order valence-electron chi connectivity index (χ0n) is 11.1. The van der Waals surface area contributed by atoms with E-state index < -0.39 is 23.2 Å². The molecule has 1 rings (SSSR count). The summed E-state index contributed by atoms with van der Waals surface area (Å²) in [6.45, 7) is 2.90. The molecule has 116 valence electrons. The lowest BCUT2D eigenvalue weighted by molar-refractivity contribution is -0.138. The van der Waals surface area contributed by atoms with Gasteiger partial charge in [0.25, 0.3) is 5.91 Å². The van der Waals surface area contributed by atoms with Gasteiger partial charge in [0.05, 0.1) is 11.1 Å². The van der Waals surface area contributed by atoms with Crippen LogP contribution in [-0.2, 0) is 6.18 Å². The Morgan fingerprint density at radius 2 is 1.95 bits per heavy atom. The summed E-state index contributed by atoms with van der Waals surface area (Å²) in [5.41, 5.74) is 3.04. The summed E-state index contributed by atoms with van der Waals surface area (Å²) in [5, 5.41) is 13.8. The van der Waals surface area contributed by atoms with E-state index in [1.165, 1.54) is 19.9 Å². The van der Waals surface area contributed by atoms with E-state index >= 15 is 0 Å². The number of carbonyl (C=O) groups is 1. The molecule has 0 aliphatic rings. The molecular weight excluding hydrogens is 355 g/mol. The predicted molar refractivity (Wildman–Crippen MR) is 74.1 cm³/mol. The van der Waals surface area contributed by atoms with Crippen LogP contribution in [0.25, 0.3) is 0 Å². The van der Waals surface area contributed by atoms with Crippen molar-refractivity contribution in [3.05, 3.63) is 33.8 Å². The summed E-state index contributed by atoms with van der Waals surface area (Å²) in [6.07, 6.45) is -4.59. The van der Waals surface area contributed by atoms with Gasteiger partial charge in [0.1, 0.15) is 0 Å². The quantitative estimate of drug-likeness (QED) is 0.332. The largest absolute Gasteiger partial charge is 0.417 e. The maximum atomic E-state index is 12.8. The highest BCUT2D eigenvalue weighted by Crippen LogP contribution is 2.35. The molecule has 9 heteroatoms. The molecule has 21 heavy (non-hydrogen) atoms. The smallest absolute Gasteiger partial charge is 0.409 e. The van der Waals surface area contributed by atoms with Crippen molar-refractivity contribution in [1.82, 2.24) is 5.32 Å². The number of nitrogens with two attached hydrogens (primary N) is 1. The van der Waals surface area contributed by atoms with E-state index in [0.29, 0.717) is 0 Å². The topological polar surface area (TPSA) is 87.7 Å². The maximum Gasteiger partial charge on any atom is 0.417 e. The summed E-state index contributed by atoms with van der Waals surface area (Å²) in [7, 11) is 0. The molecule has 0 aliphatic carbocycles. The second-order valence-corrected chi connectivity index (χ2v) is 5.61. The van der Waals surface area contributed by atoms with E-state index in [9.17, 15) is 18.0 Å². The third-order valence-electron chi connectivity index (χ3n) is 2.71. The molecule has 0 saturated heterocycles. The molecule has 4 N–H and O–H groups in total. The van der Waals surface area contributed by atoms with Crippen LogP contribution in [-0.4, -0.2) is 22.5 Å². The van der Waals surface area contributed by atoms with Crippen LogP contribution < -0.4 is 11.1 Å². The lowest BCUT2D eigenvalue weighted by atomic mass is 10.0. The van der Waals surface area contributed by atoms with Crippen LogP contribution in [0.2, 0.25) is 0 Å². The average molecular weight is 368 g/mol. The van der Waals surface area contributed by atoms with Crippen molar-refractivity contribution in [2.45, 2.75) is 25.6 Å². The summed E-state index contributed by atoms with van der Waals surface area (Å²) in [4.78, 5) is 12.0. The van der Waals surface area contributed by atoms with Crippen molar-refractivity contribution in [1.29, 1.82) is 0 Å². The summed E-state index contributed by atoms with van der Waals surface area (Å²) < 4.78 is 38.2. The van der Waals surface area contributed by atoms with Crippen LogP contribution in [0.1, 0.15) is 29.8 Å². The van der Waals surface area contributed by atoms with Crippen molar-refractivity contribution in [3.8, 4) is 0 Å². The van der Waals surface area contributed by atoms with Crippen LogP contribution in [0.3, 0.4) is 0 Å². The Bertz CT molecular complexity index is 586. The number of hydrogen-bond donors (Lipinski definition) is 3. The minimum absolute atomic E-state index is 0.165. The normalized spacial score (nSPS) is 13.1. The molecule has 0 spiro atoms. The molecule has 1 aromatic carbocycles. The third kappa shape index (κ3) is 4.10. The van der Waals surface area contributed by atoms with Gasteiger partial charge in [-0.3, -0.25) is 4.79 Å². The average Bonchev–Trinajstić information content (AvgIpc) is 2.36. The second-order valence-electron chi connectivity index (χ2n) is 4.76. The number of oxime groups is 1. The fraction of sp³-hybridized carbons (Fsp3) is 0.333. The van der Waals surface area contributed by atoms with Crippen LogP contribution in [0.15, 0.2) is 27.8 Å². The first kappa shape index (κ1) is 17.3. The second kappa shape index (κ2) is 5.92. The molecule has 0 fully saturated rings. The molecule has 5 nitrogen and oxygen atoms in total. The van der Waals surface area contributed by atoms with E-state index in [0.717, 1.165) is 12.1 Å². The number of halogens is 4. The maximum absolute atomic E-state index is 12.8. The molecule has 1 amide bonds. The van der Waals surface area contributed by atoms with Gasteiger partial charge in [-0.1, -0.05) is 21.1 Å². The van der Waals surface area contributed by atoms with Gasteiger partial charge in [-0.05, 0) is 32.0 Å². The predicted octanol–water partition coefficient (Wildman–Crippen LogP) is 2.72. The molecular formula is C12H13BrF3N3O2. The van der Waals surface area contributed by atoms with Gasteiger partial charge < -0.3 is 16.3 Å². The number of nitrogens with one attached hydrogen (secondary N) is 1. The first-order valence-corrected chi connectivity index (χ1v) is 6.45. The Labute approximate surface area is 127 Å². The number of carbonyl (C=O) groups excluding carboxylic acids is 1. The number of nitrogens with zero attached hydrogens (tertiary/aromatic N) is 1. The van der Waals surface area contributed by atoms with Gasteiger partial charge in [-0.15, -0.1) is 0 Å². The zero-order chi connectivity index (χ0) is 16.4. The molecule has 0 atom stereocenters. The SMILES string of the molecule is CC(C)(NC(=O)c1ccc(Br)c(C(F)(F)F)c1)/C(N)=N/O. The third-order valence-corrected chi connectivity index (χ3v) is 3.40. The molecule has 0 aliphatic heterocycles. The Hall–Kier alpha value is -1.77. The van der Waals surface area contributed by atoms with E-state index in [1.54, 1.807) is 0 Å². The number of amidine groups is 1. The molecule has 0 saturated carbocycles. The summed E-state index contributed by atoms with van der Waals surface area (Å²) >= 11 is 2.79. The lowest BCUT2D eigenvalue weighted by Crippen LogP contribution is -2.53. The van der Waals surface area contributed by atoms with Gasteiger partial charge >= 0.3 is 6.18 Å². The van der Waals surface area contributed by atoms with E-state index in [2.05, 4.69) is 26.4 Å². The highest BCUT2D eigenvalue weighted by Gasteiger charge is 2.34. The van der Waals surface area contributed by atoms with Crippen molar-refractivity contribution in [3.63, 3.8) is 0 Å². The van der Waals surface area contributed by atoms with E-state index in [1.807, 2.05) is 0 Å². The van der Waals surface area contributed by atoms with Gasteiger partial charge in [0.15, 0.2) is 5.84 Å². The Kier molecular flexibility index (Phi) is 4.87. The molecule has 0 bridgehead atoms. The van der Waals surface area contributed by atoms with Crippen LogP contribution in [0.5, 0.6) is 0 Å². The number of benzene rings is 1. The number of amides is 1. The number of hydrogen-bond acceptors (Lipinski definition) is 3. The lowest BCUT2D eigenvalue weighted by Gasteiger charge is -2.24. The van der Waals surface area contributed by atoms with Crippen molar-refractivity contribution in [2.24, 2.45) is 10.9 Å². The monoisotopic (exact) mass is 367 g/mol. The molecule has 0 heterocycles. The fourth-order valence-corrected chi connectivity index (χ4v) is 1.90. The van der Waals surface area contributed by atoms with E-state index in [4.69, 9.17) is 10.9 Å². The zero-order valence-corrected chi connectivity index (χ0v) is 12.7. The van der Waals surface area contributed by atoms with Gasteiger partial charge in [-0.2, -0.15) is 13.2 Å². The molecule has 0 aromatic heterocycles. The minimum atomic E-state index is -4.59. The number of alkyl halides is 3. The van der Waals surface area contributed by atoms with Gasteiger partial charge in [0, 0.05) is 10.0 Å². The van der Waals surface area contributed by atoms with Crippen molar-refractivity contribution < 1.29 is 23.2 Å². The first-order chi connectivity index (χ1) is 9.49. The highest BCUT2D eigenvalue weighted by molar-refractivity contribution is 9.10. The molecule has 0 radical (unpaired) electrons. The Balaban J connectivity index is 3.10. The van der Waals surface area contributed by atoms with Crippen molar-refractivity contribution in [2.75, 3.05) is 0 Å². The molecule has 1 aromatic rings. The highest BCUT2D eigenvalue weighted by atomic mass is 79.9. The van der Waals surface area contributed by atoms with Crippen molar-refractivity contribution >= 4 is 27.7 Å². The first-order valence-electron chi connectivity index (χ1n) is 5.66. The van der Waals surface area contributed by atoms with Crippen LogP contribution in [0, 0.1) is 0 Å².